The molecule has 0 bridgehead atoms. The lowest BCUT2D eigenvalue weighted by Crippen LogP contribution is -2.39. The predicted molar refractivity (Wildman–Crippen MR) is 146 cm³/mol. The van der Waals surface area contributed by atoms with Crippen LogP contribution in [0.15, 0.2) is 69.6 Å². The molecule has 0 saturated carbocycles. The summed E-state index contributed by atoms with van der Waals surface area (Å²) in [6, 6.07) is 15.0. The van der Waals surface area contributed by atoms with E-state index >= 15 is 0 Å². The maximum absolute atomic E-state index is 13.9. The summed E-state index contributed by atoms with van der Waals surface area (Å²) in [4.78, 5) is 32.3. The molecular formula is C29H29N3O4S. The molecule has 1 aliphatic rings. The summed E-state index contributed by atoms with van der Waals surface area (Å²) in [7, 11) is 2.03. The van der Waals surface area contributed by atoms with E-state index < -0.39 is 12.0 Å². The molecule has 2 aromatic carbocycles. The number of rotatable bonds is 6. The topological polar surface area (TPSA) is 74.8 Å². The van der Waals surface area contributed by atoms with Crippen LogP contribution in [0.5, 0.6) is 5.75 Å². The molecule has 37 heavy (non-hydrogen) atoms. The fraction of sp³-hybridized carbons (Fsp3) is 0.276. The molecule has 2 aromatic heterocycles. The average Bonchev–Trinajstić information content (AvgIpc) is 3.32. The fourth-order valence-electron chi connectivity index (χ4n) is 4.88. The van der Waals surface area contributed by atoms with Gasteiger partial charge >= 0.3 is 5.97 Å². The van der Waals surface area contributed by atoms with Gasteiger partial charge in [-0.3, -0.25) is 9.36 Å². The molecule has 0 radical (unpaired) electrons. The van der Waals surface area contributed by atoms with Crippen molar-refractivity contribution in [3.63, 3.8) is 0 Å². The summed E-state index contributed by atoms with van der Waals surface area (Å²) in [5, 5.41) is 1.08. The SMILES string of the molecule is CCOC(=O)C1=C(C)N=c2s/c(=C/c3c(C)n(C)c4ccccc34)c(=O)n2[C@H]1c1ccc(OCC)cc1. The van der Waals surface area contributed by atoms with Gasteiger partial charge in [-0.15, -0.1) is 0 Å². The minimum Gasteiger partial charge on any atom is -0.494 e. The molecule has 0 N–H and O–H groups in total. The van der Waals surface area contributed by atoms with Gasteiger partial charge in [-0.05, 0) is 57.5 Å². The van der Waals surface area contributed by atoms with Gasteiger partial charge in [-0.2, -0.15) is 0 Å². The first kappa shape index (κ1) is 24.8. The van der Waals surface area contributed by atoms with E-state index in [9.17, 15) is 9.59 Å². The van der Waals surface area contributed by atoms with E-state index in [0.717, 1.165) is 33.5 Å². The number of thiazole rings is 1. The molecule has 8 heteroatoms. The normalized spacial score (nSPS) is 15.6. The Balaban J connectivity index is 1.74. The Bertz CT molecular complexity index is 1720. The standard InChI is InChI=1S/C29H29N3O4S/c1-6-35-20-14-12-19(13-15-20)26-25(28(34)36-7-2)17(3)30-29-32(26)27(33)24(37-29)16-22-18(4)31(5)23-11-9-8-10-21(22)23/h8-16,26H,6-7H2,1-5H3/b24-16+/t26-/m0/s1. The van der Waals surface area contributed by atoms with Gasteiger partial charge in [0.25, 0.3) is 5.56 Å². The predicted octanol–water partition coefficient (Wildman–Crippen LogP) is 4.00. The van der Waals surface area contributed by atoms with Crippen molar-refractivity contribution in [2.45, 2.75) is 33.7 Å². The second kappa shape index (κ2) is 9.86. The number of carbonyl (C=O) groups excluding carboxylic acids is 1. The van der Waals surface area contributed by atoms with Gasteiger partial charge in [0.1, 0.15) is 5.75 Å². The number of aryl methyl sites for hydroxylation is 1. The third-order valence-corrected chi connectivity index (χ3v) is 7.73. The van der Waals surface area contributed by atoms with Gasteiger partial charge < -0.3 is 14.0 Å². The summed E-state index contributed by atoms with van der Waals surface area (Å²) in [6.07, 6.45) is 1.94. The van der Waals surface area contributed by atoms with Crippen molar-refractivity contribution in [2.24, 2.45) is 12.0 Å². The lowest BCUT2D eigenvalue weighted by Gasteiger charge is -2.24. The van der Waals surface area contributed by atoms with Crippen molar-refractivity contribution >= 4 is 34.3 Å². The molecule has 1 atom stereocenters. The van der Waals surface area contributed by atoms with Crippen molar-refractivity contribution in [3.05, 3.63) is 96.3 Å². The Morgan fingerprint density at radius 3 is 2.51 bits per heavy atom. The van der Waals surface area contributed by atoms with E-state index in [4.69, 9.17) is 9.47 Å². The van der Waals surface area contributed by atoms with Crippen LogP contribution >= 0.6 is 11.3 Å². The van der Waals surface area contributed by atoms with Crippen LogP contribution < -0.4 is 19.6 Å². The molecule has 7 nitrogen and oxygen atoms in total. The lowest BCUT2D eigenvalue weighted by molar-refractivity contribution is -0.139. The van der Waals surface area contributed by atoms with Crippen LogP contribution in [0.4, 0.5) is 0 Å². The summed E-state index contributed by atoms with van der Waals surface area (Å²) in [5.74, 6) is 0.255. The van der Waals surface area contributed by atoms with Gasteiger partial charge in [0.05, 0.1) is 35.1 Å². The number of fused-ring (bicyclic) bond motifs is 2. The molecule has 0 spiro atoms. The van der Waals surface area contributed by atoms with Crippen LogP contribution in [0.1, 0.15) is 43.6 Å². The van der Waals surface area contributed by atoms with Gasteiger partial charge in [0, 0.05) is 29.2 Å². The highest BCUT2D eigenvalue weighted by molar-refractivity contribution is 7.07. The fourth-order valence-corrected chi connectivity index (χ4v) is 5.91. The Morgan fingerprint density at radius 2 is 1.81 bits per heavy atom. The quantitative estimate of drug-likeness (QED) is 0.364. The summed E-state index contributed by atoms with van der Waals surface area (Å²) in [6.45, 7) is 8.32. The van der Waals surface area contributed by atoms with Crippen molar-refractivity contribution < 1.29 is 14.3 Å². The van der Waals surface area contributed by atoms with Gasteiger partial charge in [0.2, 0.25) is 0 Å². The maximum atomic E-state index is 13.9. The molecule has 190 valence electrons. The molecular weight excluding hydrogens is 486 g/mol. The number of allylic oxidation sites excluding steroid dienone is 1. The van der Waals surface area contributed by atoms with E-state index in [2.05, 4.69) is 28.6 Å². The molecule has 4 aromatic rings. The van der Waals surface area contributed by atoms with E-state index in [1.165, 1.54) is 11.3 Å². The third-order valence-electron chi connectivity index (χ3n) is 6.75. The van der Waals surface area contributed by atoms with E-state index in [-0.39, 0.29) is 12.2 Å². The number of ether oxygens (including phenoxy) is 2. The largest absolute Gasteiger partial charge is 0.494 e. The monoisotopic (exact) mass is 515 g/mol. The second-order valence-electron chi connectivity index (χ2n) is 8.88. The third kappa shape index (κ3) is 4.21. The number of hydrogen-bond acceptors (Lipinski definition) is 6. The first-order valence-electron chi connectivity index (χ1n) is 12.3. The molecule has 0 saturated heterocycles. The van der Waals surface area contributed by atoms with Gasteiger partial charge in [-0.1, -0.05) is 41.7 Å². The Hall–Kier alpha value is -3.91. The number of para-hydroxylation sites is 1. The number of nitrogens with zero attached hydrogens (tertiary/aromatic N) is 3. The smallest absolute Gasteiger partial charge is 0.338 e. The second-order valence-corrected chi connectivity index (χ2v) is 9.89. The van der Waals surface area contributed by atoms with Crippen LogP contribution in [-0.2, 0) is 16.6 Å². The Labute approximate surface area is 218 Å². The minimum absolute atomic E-state index is 0.190. The summed E-state index contributed by atoms with van der Waals surface area (Å²) in [5.41, 5.74) is 4.68. The molecule has 0 unspecified atom stereocenters. The van der Waals surface area contributed by atoms with Gasteiger partial charge in [0.15, 0.2) is 4.80 Å². The number of esters is 1. The zero-order valence-corrected chi connectivity index (χ0v) is 22.4. The highest BCUT2D eigenvalue weighted by Gasteiger charge is 2.33. The summed E-state index contributed by atoms with van der Waals surface area (Å²) < 4.78 is 15.3. The number of carbonyl (C=O) groups is 1. The van der Waals surface area contributed by atoms with Crippen LogP contribution in [-0.4, -0.2) is 28.3 Å². The van der Waals surface area contributed by atoms with Crippen molar-refractivity contribution in [2.75, 3.05) is 13.2 Å². The van der Waals surface area contributed by atoms with Crippen molar-refractivity contribution in [3.8, 4) is 5.75 Å². The molecule has 0 fully saturated rings. The number of hydrogen-bond donors (Lipinski definition) is 0. The number of aromatic nitrogens is 2. The summed E-state index contributed by atoms with van der Waals surface area (Å²) >= 11 is 1.33. The molecule has 5 rings (SSSR count). The molecule has 1 aliphatic heterocycles. The van der Waals surface area contributed by atoms with Crippen molar-refractivity contribution in [1.29, 1.82) is 0 Å². The van der Waals surface area contributed by atoms with E-state index in [1.54, 1.807) is 18.4 Å². The first-order valence-corrected chi connectivity index (χ1v) is 13.1. The van der Waals surface area contributed by atoms with Crippen molar-refractivity contribution in [1.82, 2.24) is 9.13 Å². The zero-order valence-electron chi connectivity index (χ0n) is 21.6. The zero-order chi connectivity index (χ0) is 26.3. The van der Waals surface area contributed by atoms with Crippen LogP contribution in [0.25, 0.3) is 17.0 Å². The van der Waals surface area contributed by atoms with Crippen LogP contribution in [0.3, 0.4) is 0 Å². The molecule has 0 amide bonds. The van der Waals surface area contributed by atoms with Crippen LogP contribution in [0.2, 0.25) is 0 Å². The average molecular weight is 516 g/mol. The van der Waals surface area contributed by atoms with Crippen LogP contribution in [0, 0.1) is 6.92 Å². The molecule has 3 heterocycles. The van der Waals surface area contributed by atoms with E-state index in [0.29, 0.717) is 27.2 Å². The Morgan fingerprint density at radius 1 is 1.08 bits per heavy atom. The van der Waals surface area contributed by atoms with Gasteiger partial charge in [-0.25, -0.2) is 9.79 Å². The highest BCUT2D eigenvalue weighted by atomic mass is 32.1. The molecule has 0 aliphatic carbocycles. The number of benzene rings is 2. The maximum Gasteiger partial charge on any atom is 0.338 e. The first-order chi connectivity index (χ1) is 17.8. The highest BCUT2D eigenvalue weighted by Crippen LogP contribution is 2.32. The minimum atomic E-state index is -0.651. The van der Waals surface area contributed by atoms with E-state index in [1.807, 2.05) is 56.4 Å². The lowest BCUT2D eigenvalue weighted by atomic mass is 9.96. The Kier molecular flexibility index (Phi) is 6.60.